The molecule has 0 fully saturated rings. The van der Waals surface area contributed by atoms with Crippen LogP contribution in [0.15, 0.2) is 84.9 Å². The van der Waals surface area contributed by atoms with Crippen LogP contribution in [0, 0.1) is 6.58 Å². The molecule has 3 aromatic carbocycles. The largest absolute Gasteiger partial charge is 2.00 e. The summed E-state index contributed by atoms with van der Waals surface area (Å²) >= 11 is 0. The third kappa shape index (κ3) is 12.3. The monoisotopic (exact) mass is 656 g/mol. The smallest absolute Gasteiger partial charge is 1.00 e. The maximum atomic E-state index is 12.6. The van der Waals surface area contributed by atoms with Crippen molar-refractivity contribution >= 4 is 38.0 Å². The Labute approximate surface area is 254 Å². The molecule has 207 valence electrons. The van der Waals surface area contributed by atoms with Gasteiger partial charge in [-0.3, -0.25) is 0 Å². The molecule has 0 spiro atoms. The molecular formula is C32H41BrNiO2P2+. The summed E-state index contributed by atoms with van der Waals surface area (Å²) in [6, 6.07) is 28.9. The van der Waals surface area contributed by atoms with Gasteiger partial charge in [-0.05, 0) is 75.5 Å². The van der Waals surface area contributed by atoms with E-state index in [1.165, 1.54) is 29.1 Å². The number of benzene rings is 3. The van der Waals surface area contributed by atoms with Crippen molar-refractivity contribution in [3.63, 3.8) is 0 Å². The average molecular weight is 658 g/mol. The summed E-state index contributed by atoms with van der Waals surface area (Å²) in [5.74, 6) is -0.478. The SMILES string of the molecule is CCP(CC)CC.[Br-].[CH]=C(C(=O)OC(C)(C)C)c1ccccc1CP(c1ccccc1)c1ccccc1.[Ni+2]. The first-order valence-corrected chi connectivity index (χ1v) is 16.2. The molecule has 0 aliphatic heterocycles. The van der Waals surface area contributed by atoms with Gasteiger partial charge in [0.2, 0.25) is 0 Å². The van der Waals surface area contributed by atoms with E-state index >= 15 is 0 Å². The number of ether oxygens (including phenoxy) is 1. The average Bonchev–Trinajstić information content (AvgIpc) is 2.88. The van der Waals surface area contributed by atoms with Crippen LogP contribution < -0.4 is 27.6 Å². The minimum atomic E-state index is -0.635. The normalized spacial score (nSPS) is 10.5. The maximum Gasteiger partial charge on any atom is 2.00 e. The van der Waals surface area contributed by atoms with Crippen molar-refractivity contribution in [2.45, 2.75) is 53.3 Å². The van der Waals surface area contributed by atoms with E-state index in [9.17, 15) is 4.79 Å². The number of rotatable bonds is 9. The molecule has 0 atom stereocenters. The number of carbonyl (C=O) groups excluding carboxylic acids is 1. The Morgan fingerprint density at radius 1 is 0.763 bits per heavy atom. The van der Waals surface area contributed by atoms with Gasteiger partial charge < -0.3 is 21.7 Å². The molecule has 6 heteroatoms. The van der Waals surface area contributed by atoms with E-state index in [1.807, 2.05) is 57.2 Å². The van der Waals surface area contributed by atoms with Crippen LogP contribution in [0.2, 0.25) is 0 Å². The van der Waals surface area contributed by atoms with Gasteiger partial charge >= 0.3 is 22.5 Å². The van der Waals surface area contributed by atoms with Crippen molar-refractivity contribution in [2.75, 3.05) is 18.5 Å². The second kappa shape index (κ2) is 18.9. The van der Waals surface area contributed by atoms with Crippen LogP contribution in [-0.2, 0) is 32.2 Å². The molecule has 3 rings (SSSR count). The quantitative estimate of drug-likeness (QED) is 0.140. The zero-order valence-corrected chi connectivity index (χ0v) is 27.8. The zero-order valence-electron chi connectivity index (χ0n) is 23.4. The van der Waals surface area contributed by atoms with E-state index in [2.05, 4.69) is 69.3 Å². The van der Waals surface area contributed by atoms with Crippen molar-refractivity contribution in [1.29, 1.82) is 0 Å². The van der Waals surface area contributed by atoms with Gasteiger partial charge in [0.1, 0.15) is 5.60 Å². The van der Waals surface area contributed by atoms with Gasteiger partial charge in [0.05, 0.1) is 5.57 Å². The molecule has 0 aliphatic carbocycles. The van der Waals surface area contributed by atoms with Crippen molar-refractivity contribution in [2.24, 2.45) is 0 Å². The molecule has 0 N–H and O–H groups in total. The third-order valence-corrected chi connectivity index (χ3v) is 10.9. The molecule has 0 heterocycles. The van der Waals surface area contributed by atoms with Crippen molar-refractivity contribution in [3.05, 3.63) is 103 Å². The molecule has 0 bridgehead atoms. The molecule has 38 heavy (non-hydrogen) atoms. The number of hydrogen-bond donors (Lipinski definition) is 0. The molecule has 3 aromatic rings. The van der Waals surface area contributed by atoms with E-state index < -0.39 is 19.5 Å². The fourth-order valence-corrected chi connectivity index (χ4v) is 7.44. The molecule has 2 nitrogen and oxygen atoms in total. The van der Waals surface area contributed by atoms with Gasteiger partial charge in [0.25, 0.3) is 0 Å². The number of halogens is 1. The van der Waals surface area contributed by atoms with Crippen LogP contribution >= 0.6 is 15.8 Å². The van der Waals surface area contributed by atoms with Crippen molar-refractivity contribution in [1.82, 2.24) is 0 Å². The maximum absolute atomic E-state index is 12.6. The van der Waals surface area contributed by atoms with Crippen LogP contribution in [0.1, 0.15) is 52.7 Å². The molecule has 0 saturated heterocycles. The van der Waals surface area contributed by atoms with Crippen LogP contribution in [0.3, 0.4) is 0 Å². The Morgan fingerprint density at radius 2 is 1.18 bits per heavy atom. The number of esters is 1. The summed E-state index contributed by atoms with van der Waals surface area (Å²) in [5.41, 5.74) is 1.37. The van der Waals surface area contributed by atoms with Gasteiger partial charge in [-0.1, -0.05) is 106 Å². The first kappa shape index (κ1) is 36.7. The van der Waals surface area contributed by atoms with Crippen LogP contribution in [0.5, 0.6) is 0 Å². The minimum Gasteiger partial charge on any atom is -1.00 e. The summed E-state index contributed by atoms with van der Waals surface area (Å²) < 4.78 is 5.49. The molecule has 0 amide bonds. The Bertz CT molecular complexity index is 1040. The molecule has 0 aromatic heterocycles. The summed E-state index contributed by atoms with van der Waals surface area (Å²) in [4.78, 5) is 12.6. The van der Waals surface area contributed by atoms with Gasteiger partial charge in [0.15, 0.2) is 0 Å². The van der Waals surface area contributed by atoms with Gasteiger partial charge in [0, 0.05) is 6.16 Å². The first-order valence-electron chi connectivity index (χ1n) is 12.7. The standard InChI is InChI=1S/C26H26O2P.C6H15P.BrH.Ni/c1-20(25(27)28-26(2,3)4)24-18-12-11-13-21(24)19-29(22-14-7-5-8-15-22)23-16-9-6-10-17-23;1-4-7(5-2)6-3;;/h1,5-18H,19H2,2-4H3;4-6H2,1-3H3;1H;/q;;;+2/p-1. The number of carbonyl (C=O) groups is 1. The van der Waals surface area contributed by atoms with Crippen LogP contribution in [-0.4, -0.2) is 30.1 Å². The van der Waals surface area contributed by atoms with Crippen LogP contribution in [0.25, 0.3) is 5.57 Å². The van der Waals surface area contributed by atoms with Gasteiger partial charge in [-0.15, -0.1) is 7.92 Å². The predicted octanol–water partition coefficient (Wildman–Crippen LogP) is 5.01. The fourth-order valence-electron chi connectivity index (χ4n) is 3.75. The topological polar surface area (TPSA) is 26.3 Å². The Balaban J connectivity index is 0.00000135. The third-order valence-electron chi connectivity index (χ3n) is 5.73. The second-order valence-electron chi connectivity index (χ2n) is 9.45. The van der Waals surface area contributed by atoms with Crippen LogP contribution in [0.4, 0.5) is 0 Å². The molecule has 0 aliphatic rings. The minimum absolute atomic E-state index is 0. The Hall–Kier alpha value is -1.30. The van der Waals surface area contributed by atoms with E-state index in [1.54, 1.807) is 0 Å². The molecule has 0 saturated carbocycles. The Kier molecular flexibility index (Phi) is 18.3. The summed E-state index contributed by atoms with van der Waals surface area (Å²) in [5, 5.41) is 2.58. The molecular weight excluding hydrogens is 617 g/mol. The summed E-state index contributed by atoms with van der Waals surface area (Å²) in [6.45, 7) is 18.6. The predicted molar refractivity (Wildman–Crippen MR) is 161 cm³/mol. The van der Waals surface area contributed by atoms with Crippen molar-refractivity contribution < 1.29 is 43.0 Å². The Morgan fingerprint density at radius 3 is 1.58 bits per heavy atom. The van der Waals surface area contributed by atoms with Gasteiger partial charge in [-0.2, -0.15) is 0 Å². The fraction of sp³-hybridized carbons (Fsp3) is 0.344. The number of hydrogen-bond acceptors (Lipinski definition) is 2. The van der Waals surface area contributed by atoms with E-state index in [4.69, 9.17) is 11.3 Å². The van der Waals surface area contributed by atoms with Gasteiger partial charge in [-0.25, -0.2) is 4.79 Å². The molecule has 0 unspecified atom stereocenters. The van der Waals surface area contributed by atoms with E-state index in [-0.39, 0.29) is 39.0 Å². The van der Waals surface area contributed by atoms with Crippen molar-refractivity contribution in [3.8, 4) is 0 Å². The summed E-state index contributed by atoms with van der Waals surface area (Å²) in [7, 11) is -0.189. The zero-order chi connectivity index (χ0) is 26.6. The first-order chi connectivity index (χ1) is 17.2. The second-order valence-corrected chi connectivity index (χ2v) is 14.9. The van der Waals surface area contributed by atoms with E-state index in [0.29, 0.717) is 7.92 Å². The van der Waals surface area contributed by atoms with E-state index in [0.717, 1.165) is 17.3 Å². The molecule has 1 radical (unpaired) electrons. The summed E-state index contributed by atoms with van der Waals surface area (Å²) in [6.07, 6.45) is 5.05.